The number of benzene rings is 3. The van der Waals surface area contributed by atoms with Crippen molar-refractivity contribution in [3.63, 3.8) is 0 Å². The first kappa shape index (κ1) is 28.8. The molecule has 0 saturated carbocycles. The van der Waals surface area contributed by atoms with Crippen molar-refractivity contribution in [2.75, 3.05) is 10.8 Å². The third-order valence-corrected chi connectivity index (χ3v) is 7.95. The van der Waals surface area contributed by atoms with Crippen molar-refractivity contribution in [2.45, 2.75) is 50.7 Å². The summed E-state index contributed by atoms with van der Waals surface area (Å²) in [7, 11) is -4.28. The predicted octanol–water partition coefficient (Wildman–Crippen LogP) is 4.49. The van der Waals surface area contributed by atoms with Crippen LogP contribution in [-0.4, -0.2) is 43.8 Å². The van der Waals surface area contributed by atoms with Crippen LogP contribution in [0.3, 0.4) is 0 Å². The van der Waals surface area contributed by atoms with Crippen molar-refractivity contribution in [1.82, 2.24) is 10.2 Å². The molecular weight excluding hydrogens is 512 g/mol. The summed E-state index contributed by atoms with van der Waals surface area (Å²) in [6.45, 7) is 4.64. The monoisotopic (exact) mass is 543 g/mol. The molecule has 2 atom stereocenters. The van der Waals surface area contributed by atoms with Crippen LogP contribution < -0.4 is 9.62 Å². The number of nitrogens with zero attached hydrogens (tertiary/aromatic N) is 2. The van der Waals surface area contributed by atoms with E-state index in [0.717, 1.165) is 28.6 Å². The SMILES string of the molecule is CC[C@H](C)NC(=O)[C@@H](C)N(Cc1ccc(F)cc1)C(=O)CN(c1ccccc1)S(=O)(=O)c1ccc(F)cc1. The molecule has 0 unspecified atom stereocenters. The maximum absolute atomic E-state index is 13.7. The van der Waals surface area contributed by atoms with Crippen molar-refractivity contribution >= 4 is 27.5 Å². The Labute approximate surface area is 222 Å². The molecule has 0 aliphatic carbocycles. The second-order valence-electron chi connectivity index (χ2n) is 8.94. The van der Waals surface area contributed by atoms with E-state index in [1.165, 1.54) is 41.3 Å². The van der Waals surface area contributed by atoms with Gasteiger partial charge in [-0.3, -0.25) is 13.9 Å². The Bertz CT molecular complexity index is 1330. The van der Waals surface area contributed by atoms with Crippen LogP contribution in [0.25, 0.3) is 0 Å². The fourth-order valence-electron chi connectivity index (χ4n) is 3.69. The second kappa shape index (κ2) is 12.6. The molecule has 0 aliphatic heterocycles. The van der Waals surface area contributed by atoms with E-state index in [2.05, 4.69) is 5.32 Å². The fourth-order valence-corrected chi connectivity index (χ4v) is 5.11. The van der Waals surface area contributed by atoms with Crippen molar-refractivity contribution in [3.05, 3.63) is 96.1 Å². The number of halogens is 2. The van der Waals surface area contributed by atoms with Gasteiger partial charge < -0.3 is 10.2 Å². The van der Waals surface area contributed by atoms with Gasteiger partial charge in [-0.1, -0.05) is 37.3 Å². The Morgan fingerprint density at radius 3 is 1.97 bits per heavy atom. The van der Waals surface area contributed by atoms with Gasteiger partial charge >= 0.3 is 0 Å². The van der Waals surface area contributed by atoms with Crippen LogP contribution in [0.4, 0.5) is 14.5 Å². The Balaban J connectivity index is 1.99. The maximum Gasteiger partial charge on any atom is 0.264 e. The van der Waals surface area contributed by atoms with Gasteiger partial charge in [-0.15, -0.1) is 0 Å². The average molecular weight is 544 g/mol. The van der Waals surface area contributed by atoms with Gasteiger partial charge in [-0.05, 0) is 74.4 Å². The van der Waals surface area contributed by atoms with Crippen molar-refractivity contribution in [1.29, 1.82) is 0 Å². The number of nitrogens with one attached hydrogen (secondary N) is 1. The molecule has 3 rings (SSSR count). The maximum atomic E-state index is 13.7. The molecule has 0 aromatic heterocycles. The van der Waals surface area contributed by atoms with Crippen LogP contribution in [0.5, 0.6) is 0 Å². The largest absolute Gasteiger partial charge is 0.352 e. The Morgan fingerprint density at radius 2 is 1.42 bits per heavy atom. The van der Waals surface area contributed by atoms with E-state index in [9.17, 15) is 26.8 Å². The first-order chi connectivity index (χ1) is 18.0. The lowest BCUT2D eigenvalue weighted by Crippen LogP contribution is -2.52. The molecule has 0 bridgehead atoms. The van der Waals surface area contributed by atoms with Crippen LogP contribution >= 0.6 is 0 Å². The Hall–Kier alpha value is -3.79. The van der Waals surface area contributed by atoms with Gasteiger partial charge in [0.05, 0.1) is 10.6 Å². The van der Waals surface area contributed by atoms with E-state index in [1.807, 2.05) is 13.8 Å². The molecule has 2 amide bonds. The molecule has 202 valence electrons. The van der Waals surface area contributed by atoms with Gasteiger partial charge in [0.1, 0.15) is 24.2 Å². The van der Waals surface area contributed by atoms with E-state index in [4.69, 9.17) is 0 Å². The molecule has 3 aromatic carbocycles. The third kappa shape index (κ3) is 7.16. The zero-order chi connectivity index (χ0) is 27.9. The summed E-state index contributed by atoms with van der Waals surface area (Å²) in [6.07, 6.45) is 0.683. The van der Waals surface area contributed by atoms with Gasteiger partial charge in [-0.2, -0.15) is 0 Å². The molecule has 0 spiro atoms. The quantitative estimate of drug-likeness (QED) is 0.386. The number of amides is 2. The van der Waals surface area contributed by atoms with Crippen LogP contribution in [0.1, 0.15) is 32.8 Å². The van der Waals surface area contributed by atoms with Gasteiger partial charge in [0.15, 0.2) is 0 Å². The number of rotatable bonds is 11. The first-order valence-electron chi connectivity index (χ1n) is 12.2. The van der Waals surface area contributed by atoms with E-state index in [-0.39, 0.29) is 23.2 Å². The van der Waals surface area contributed by atoms with Gasteiger partial charge in [0.25, 0.3) is 10.0 Å². The summed E-state index contributed by atoms with van der Waals surface area (Å²) in [4.78, 5) is 27.8. The third-order valence-electron chi connectivity index (χ3n) is 6.16. The summed E-state index contributed by atoms with van der Waals surface area (Å²) in [5.41, 5.74) is 0.791. The smallest absolute Gasteiger partial charge is 0.264 e. The summed E-state index contributed by atoms with van der Waals surface area (Å²) in [6, 6.07) is 16.8. The molecule has 0 aliphatic rings. The molecule has 3 aromatic rings. The van der Waals surface area contributed by atoms with Crippen LogP contribution in [0, 0.1) is 11.6 Å². The summed E-state index contributed by atoms with van der Waals surface area (Å²) in [5, 5.41) is 2.85. The number of sulfonamides is 1. The van der Waals surface area contributed by atoms with Gasteiger partial charge in [0, 0.05) is 12.6 Å². The summed E-state index contributed by atoms with van der Waals surface area (Å²) in [5.74, 6) is -2.09. The number of hydrogen-bond donors (Lipinski definition) is 1. The van der Waals surface area contributed by atoms with Crippen molar-refractivity contribution < 1.29 is 26.8 Å². The first-order valence-corrected chi connectivity index (χ1v) is 13.6. The fraction of sp³-hybridized carbons (Fsp3) is 0.286. The summed E-state index contributed by atoms with van der Waals surface area (Å²) >= 11 is 0. The molecule has 0 heterocycles. The Kier molecular flexibility index (Phi) is 9.57. The normalized spacial score (nSPS) is 12.9. The lowest BCUT2D eigenvalue weighted by atomic mass is 10.1. The van der Waals surface area contributed by atoms with Crippen LogP contribution in [0.2, 0.25) is 0 Å². The van der Waals surface area contributed by atoms with Crippen molar-refractivity contribution in [2.24, 2.45) is 0 Å². The van der Waals surface area contributed by atoms with Gasteiger partial charge in [-0.25, -0.2) is 17.2 Å². The average Bonchev–Trinajstić information content (AvgIpc) is 2.91. The Morgan fingerprint density at radius 1 is 0.868 bits per heavy atom. The molecule has 0 saturated heterocycles. The lowest BCUT2D eigenvalue weighted by molar-refractivity contribution is -0.139. The number of carbonyl (C=O) groups excluding carboxylic acids is 2. The highest BCUT2D eigenvalue weighted by molar-refractivity contribution is 7.92. The van der Waals surface area contributed by atoms with E-state index < -0.39 is 46.1 Å². The highest BCUT2D eigenvalue weighted by atomic mass is 32.2. The minimum atomic E-state index is -4.28. The number of carbonyl (C=O) groups is 2. The molecule has 10 heteroatoms. The second-order valence-corrected chi connectivity index (χ2v) is 10.8. The molecule has 38 heavy (non-hydrogen) atoms. The summed E-state index contributed by atoms with van der Waals surface area (Å²) < 4.78 is 55.1. The highest BCUT2D eigenvalue weighted by Crippen LogP contribution is 2.24. The highest BCUT2D eigenvalue weighted by Gasteiger charge is 2.32. The zero-order valence-electron chi connectivity index (χ0n) is 21.5. The number of hydrogen-bond acceptors (Lipinski definition) is 4. The number of para-hydroxylation sites is 1. The molecule has 0 radical (unpaired) electrons. The van der Waals surface area contributed by atoms with E-state index in [0.29, 0.717) is 12.0 Å². The van der Waals surface area contributed by atoms with Crippen LogP contribution in [0.15, 0.2) is 83.8 Å². The van der Waals surface area contributed by atoms with Gasteiger partial charge in [0.2, 0.25) is 11.8 Å². The molecule has 0 fully saturated rings. The molecule has 7 nitrogen and oxygen atoms in total. The van der Waals surface area contributed by atoms with E-state index in [1.54, 1.807) is 25.1 Å². The molecular formula is C28H31F2N3O4S. The van der Waals surface area contributed by atoms with Crippen LogP contribution in [-0.2, 0) is 26.2 Å². The minimum Gasteiger partial charge on any atom is -0.352 e. The standard InChI is InChI=1S/C28H31F2N3O4S/c1-4-20(2)31-28(35)21(3)32(18-22-10-12-23(29)13-11-22)27(34)19-33(25-8-6-5-7-9-25)38(36,37)26-16-14-24(30)15-17-26/h5-17,20-21H,4,18-19H2,1-3H3,(H,31,35)/t20-,21+/m0/s1. The van der Waals surface area contributed by atoms with E-state index >= 15 is 0 Å². The van der Waals surface area contributed by atoms with Crippen molar-refractivity contribution in [3.8, 4) is 0 Å². The lowest BCUT2D eigenvalue weighted by Gasteiger charge is -2.32. The molecule has 1 N–H and O–H groups in total. The minimum absolute atomic E-state index is 0.0482. The number of anilines is 1. The zero-order valence-corrected chi connectivity index (χ0v) is 22.3. The topological polar surface area (TPSA) is 86.8 Å². The predicted molar refractivity (Wildman–Crippen MR) is 142 cm³/mol.